The van der Waals surface area contributed by atoms with Gasteiger partial charge in [0, 0.05) is 45.6 Å². The van der Waals surface area contributed by atoms with E-state index in [1.165, 1.54) is 5.56 Å². The Hall–Kier alpha value is -2.14. The first-order chi connectivity index (χ1) is 10.7. The smallest absolute Gasteiger partial charge is 0.227 e. The summed E-state index contributed by atoms with van der Waals surface area (Å²) in [6.07, 6.45) is 0.953. The predicted octanol–water partition coefficient (Wildman–Crippen LogP) is 2.87. The molecule has 22 heavy (non-hydrogen) atoms. The number of nitrogens with zero attached hydrogens (tertiary/aromatic N) is 3. The molecular formula is C17H24N4O. The van der Waals surface area contributed by atoms with Gasteiger partial charge < -0.3 is 15.0 Å². The van der Waals surface area contributed by atoms with Crippen LogP contribution in [0.4, 0.5) is 11.8 Å². The van der Waals surface area contributed by atoms with Gasteiger partial charge in [-0.2, -0.15) is 4.98 Å². The van der Waals surface area contributed by atoms with E-state index in [1.54, 1.807) is 7.11 Å². The minimum absolute atomic E-state index is 0.734. The number of hydrogen-bond donors (Lipinski definition) is 1. The van der Waals surface area contributed by atoms with Gasteiger partial charge in [-0.1, -0.05) is 30.3 Å². The summed E-state index contributed by atoms with van der Waals surface area (Å²) in [5.41, 5.74) is 2.20. The van der Waals surface area contributed by atoms with Crippen LogP contribution in [-0.2, 0) is 11.3 Å². The largest absolute Gasteiger partial charge is 0.385 e. The number of aromatic nitrogens is 2. The van der Waals surface area contributed by atoms with Crippen molar-refractivity contribution in [1.29, 1.82) is 0 Å². The lowest BCUT2D eigenvalue weighted by molar-refractivity contribution is 0.198. The van der Waals surface area contributed by atoms with Crippen LogP contribution in [0.2, 0.25) is 0 Å². The van der Waals surface area contributed by atoms with Gasteiger partial charge in [-0.05, 0) is 18.9 Å². The van der Waals surface area contributed by atoms with Gasteiger partial charge in [-0.25, -0.2) is 4.98 Å². The van der Waals surface area contributed by atoms with Crippen molar-refractivity contribution in [3.8, 4) is 0 Å². The molecule has 0 aliphatic rings. The van der Waals surface area contributed by atoms with E-state index in [0.29, 0.717) is 0 Å². The van der Waals surface area contributed by atoms with E-state index in [9.17, 15) is 0 Å². The molecule has 0 aliphatic carbocycles. The molecule has 0 spiro atoms. The topological polar surface area (TPSA) is 50.3 Å². The molecule has 5 heteroatoms. The first kappa shape index (κ1) is 16.2. The van der Waals surface area contributed by atoms with E-state index in [4.69, 9.17) is 4.74 Å². The first-order valence-corrected chi connectivity index (χ1v) is 7.52. The SMILES string of the molecule is COCCCNc1cc(C)nc(N(C)Cc2ccccc2)n1. The second-order valence-electron chi connectivity index (χ2n) is 5.31. The van der Waals surface area contributed by atoms with Gasteiger partial charge in [0.05, 0.1) is 0 Å². The number of rotatable bonds is 8. The van der Waals surface area contributed by atoms with E-state index in [1.807, 2.05) is 38.2 Å². The number of anilines is 2. The Morgan fingerprint density at radius 2 is 1.95 bits per heavy atom. The molecule has 0 fully saturated rings. The van der Waals surface area contributed by atoms with E-state index < -0.39 is 0 Å². The molecule has 0 aliphatic heterocycles. The van der Waals surface area contributed by atoms with Crippen LogP contribution in [0.5, 0.6) is 0 Å². The van der Waals surface area contributed by atoms with Gasteiger partial charge in [0.15, 0.2) is 0 Å². The third kappa shape index (κ3) is 5.00. The van der Waals surface area contributed by atoms with Crippen molar-refractivity contribution in [1.82, 2.24) is 9.97 Å². The average molecular weight is 300 g/mol. The summed E-state index contributed by atoms with van der Waals surface area (Å²) in [6.45, 7) is 4.36. The second kappa shape index (κ2) is 8.34. The van der Waals surface area contributed by atoms with Gasteiger partial charge in [0.2, 0.25) is 5.95 Å². The van der Waals surface area contributed by atoms with Gasteiger partial charge in [0.25, 0.3) is 0 Å². The van der Waals surface area contributed by atoms with Crippen LogP contribution in [0, 0.1) is 6.92 Å². The van der Waals surface area contributed by atoms with Crippen molar-refractivity contribution >= 4 is 11.8 Å². The molecule has 1 aromatic carbocycles. The molecule has 1 N–H and O–H groups in total. The van der Waals surface area contributed by atoms with E-state index in [0.717, 1.165) is 43.6 Å². The van der Waals surface area contributed by atoms with Gasteiger partial charge >= 0.3 is 0 Å². The molecule has 0 radical (unpaired) electrons. The van der Waals surface area contributed by atoms with Crippen LogP contribution in [0.3, 0.4) is 0 Å². The molecule has 2 rings (SSSR count). The minimum Gasteiger partial charge on any atom is -0.385 e. The molecule has 1 heterocycles. The van der Waals surface area contributed by atoms with E-state index in [-0.39, 0.29) is 0 Å². The standard InChI is InChI=1S/C17H24N4O/c1-14-12-16(18-10-7-11-22-3)20-17(19-14)21(2)13-15-8-5-4-6-9-15/h4-6,8-9,12H,7,10-11,13H2,1-3H3,(H,18,19,20). The zero-order valence-corrected chi connectivity index (χ0v) is 13.5. The van der Waals surface area contributed by atoms with Gasteiger partial charge in [-0.15, -0.1) is 0 Å². The number of benzene rings is 1. The maximum atomic E-state index is 5.05. The lowest BCUT2D eigenvalue weighted by Crippen LogP contribution is -2.20. The molecule has 0 atom stereocenters. The molecule has 0 saturated heterocycles. The summed E-state index contributed by atoms with van der Waals surface area (Å²) < 4.78 is 5.05. The van der Waals surface area contributed by atoms with Crippen LogP contribution in [-0.4, -0.2) is 37.3 Å². The molecule has 0 bridgehead atoms. The van der Waals surface area contributed by atoms with Crippen molar-refractivity contribution in [3.63, 3.8) is 0 Å². The van der Waals surface area contributed by atoms with Crippen molar-refractivity contribution < 1.29 is 4.74 Å². The maximum Gasteiger partial charge on any atom is 0.227 e. The van der Waals surface area contributed by atoms with Crippen molar-refractivity contribution in [2.45, 2.75) is 19.9 Å². The van der Waals surface area contributed by atoms with Crippen LogP contribution >= 0.6 is 0 Å². The summed E-state index contributed by atoms with van der Waals surface area (Å²) in [7, 11) is 3.72. The third-order valence-corrected chi connectivity index (χ3v) is 3.28. The molecule has 0 amide bonds. The predicted molar refractivity (Wildman–Crippen MR) is 90.3 cm³/mol. The highest BCUT2D eigenvalue weighted by Crippen LogP contribution is 2.15. The fourth-order valence-electron chi connectivity index (χ4n) is 2.18. The number of nitrogens with one attached hydrogen (secondary N) is 1. The van der Waals surface area contributed by atoms with Crippen molar-refractivity contribution in [3.05, 3.63) is 47.7 Å². The van der Waals surface area contributed by atoms with Crippen LogP contribution < -0.4 is 10.2 Å². The highest BCUT2D eigenvalue weighted by molar-refractivity contribution is 5.43. The quantitative estimate of drug-likeness (QED) is 0.760. The Labute approximate surface area is 132 Å². The monoisotopic (exact) mass is 300 g/mol. The van der Waals surface area contributed by atoms with E-state index in [2.05, 4.69) is 32.3 Å². The summed E-state index contributed by atoms with van der Waals surface area (Å²) >= 11 is 0. The molecule has 1 aromatic heterocycles. The summed E-state index contributed by atoms with van der Waals surface area (Å²) in [5, 5.41) is 3.32. The lowest BCUT2D eigenvalue weighted by atomic mass is 10.2. The normalized spacial score (nSPS) is 10.5. The Morgan fingerprint density at radius 1 is 1.18 bits per heavy atom. The van der Waals surface area contributed by atoms with Crippen LogP contribution in [0.25, 0.3) is 0 Å². The number of methoxy groups -OCH3 is 1. The fraction of sp³-hybridized carbons (Fsp3) is 0.412. The highest BCUT2D eigenvalue weighted by Gasteiger charge is 2.08. The van der Waals surface area contributed by atoms with Crippen molar-refractivity contribution in [2.75, 3.05) is 37.5 Å². The fourth-order valence-corrected chi connectivity index (χ4v) is 2.18. The Morgan fingerprint density at radius 3 is 2.68 bits per heavy atom. The zero-order chi connectivity index (χ0) is 15.8. The Balaban J connectivity index is 2.01. The maximum absolute atomic E-state index is 5.05. The number of ether oxygens (including phenoxy) is 1. The summed E-state index contributed by atoms with van der Waals surface area (Å²) in [4.78, 5) is 11.2. The molecular weight excluding hydrogens is 276 g/mol. The van der Waals surface area contributed by atoms with E-state index >= 15 is 0 Å². The molecule has 2 aromatic rings. The second-order valence-corrected chi connectivity index (χ2v) is 5.31. The Bertz CT molecular complexity index is 574. The zero-order valence-electron chi connectivity index (χ0n) is 13.5. The number of hydrogen-bond acceptors (Lipinski definition) is 5. The molecule has 5 nitrogen and oxygen atoms in total. The summed E-state index contributed by atoms with van der Waals surface area (Å²) in [6, 6.07) is 12.3. The van der Waals surface area contributed by atoms with Crippen LogP contribution in [0.15, 0.2) is 36.4 Å². The van der Waals surface area contributed by atoms with Crippen LogP contribution in [0.1, 0.15) is 17.7 Å². The minimum atomic E-state index is 0.734. The highest BCUT2D eigenvalue weighted by atomic mass is 16.5. The third-order valence-electron chi connectivity index (χ3n) is 3.28. The molecule has 0 saturated carbocycles. The van der Waals surface area contributed by atoms with Gasteiger partial charge in [-0.3, -0.25) is 0 Å². The molecule has 0 unspecified atom stereocenters. The number of aryl methyl sites for hydroxylation is 1. The summed E-state index contributed by atoms with van der Waals surface area (Å²) in [5.74, 6) is 1.59. The average Bonchev–Trinajstić information content (AvgIpc) is 2.52. The Kier molecular flexibility index (Phi) is 6.15. The first-order valence-electron chi connectivity index (χ1n) is 7.52. The van der Waals surface area contributed by atoms with Gasteiger partial charge in [0.1, 0.15) is 5.82 Å². The van der Waals surface area contributed by atoms with Crippen molar-refractivity contribution in [2.24, 2.45) is 0 Å². The molecule has 118 valence electrons. The lowest BCUT2D eigenvalue weighted by Gasteiger charge is -2.18.